The molecule has 0 spiro atoms. The minimum Gasteiger partial charge on any atom is -0.362 e. The Morgan fingerprint density at radius 3 is 3.12 bits per heavy atom. The summed E-state index contributed by atoms with van der Waals surface area (Å²) in [5.41, 5.74) is 0. The van der Waals surface area contributed by atoms with Gasteiger partial charge in [-0.1, -0.05) is 31.5 Å². The van der Waals surface area contributed by atoms with Crippen molar-refractivity contribution >= 4 is 28.7 Å². The van der Waals surface area contributed by atoms with Crippen LogP contribution in [-0.4, -0.2) is 35.5 Å². The van der Waals surface area contributed by atoms with Gasteiger partial charge in [-0.2, -0.15) is 11.8 Å². The smallest absolute Gasteiger partial charge is 0.156 e. The van der Waals surface area contributed by atoms with Crippen LogP contribution in [0.3, 0.4) is 0 Å². The van der Waals surface area contributed by atoms with E-state index in [1.165, 1.54) is 42.4 Å². The fourth-order valence-corrected chi connectivity index (χ4v) is 4.50. The molecule has 0 aromatic heterocycles. The van der Waals surface area contributed by atoms with Crippen LogP contribution in [0.1, 0.15) is 32.6 Å². The maximum atomic E-state index is 4.75. The van der Waals surface area contributed by atoms with Gasteiger partial charge in [-0.3, -0.25) is 4.99 Å². The molecule has 2 rings (SSSR count). The highest BCUT2D eigenvalue weighted by molar-refractivity contribution is 8.13. The molecule has 2 fully saturated rings. The third kappa shape index (κ3) is 4.09. The third-order valence-corrected chi connectivity index (χ3v) is 5.67. The molecular weight excluding hydrogens is 248 g/mol. The highest BCUT2D eigenvalue weighted by Crippen LogP contribution is 2.31. The standard InChI is InChI=1S/C13H24N2S2/c1-10(8-16-2)7-14-13-15-12-6-4-3-5-11(12)9-17-13/h10-12H,3-9H2,1-2H3,(H,14,15). The second-order valence-corrected chi connectivity index (χ2v) is 7.23. The van der Waals surface area contributed by atoms with Crippen LogP contribution in [0.15, 0.2) is 4.99 Å². The fraction of sp³-hybridized carbons (Fsp3) is 0.923. The lowest BCUT2D eigenvalue weighted by Crippen LogP contribution is -2.46. The van der Waals surface area contributed by atoms with E-state index in [-0.39, 0.29) is 0 Å². The zero-order chi connectivity index (χ0) is 12.1. The molecule has 0 aromatic carbocycles. The van der Waals surface area contributed by atoms with Crippen molar-refractivity contribution in [2.45, 2.75) is 38.6 Å². The van der Waals surface area contributed by atoms with Crippen molar-refractivity contribution in [3.05, 3.63) is 0 Å². The van der Waals surface area contributed by atoms with Gasteiger partial charge in [0.05, 0.1) is 0 Å². The number of hydrogen-bond donors (Lipinski definition) is 1. The summed E-state index contributed by atoms with van der Waals surface area (Å²) < 4.78 is 0. The Morgan fingerprint density at radius 1 is 1.47 bits per heavy atom. The first-order chi connectivity index (χ1) is 8.29. The monoisotopic (exact) mass is 272 g/mol. The highest BCUT2D eigenvalue weighted by atomic mass is 32.2. The van der Waals surface area contributed by atoms with Gasteiger partial charge < -0.3 is 5.32 Å². The molecule has 0 amide bonds. The maximum absolute atomic E-state index is 4.75. The predicted octanol–water partition coefficient (Wildman–Crippen LogP) is 3.24. The molecule has 1 heterocycles. The number of aliphatic imine (C=N–C) groups is 1. The van der Waals surface area contributed by atoms with Gasteiger partial charge in [0.2, 0.25) is 0 Å². The maximum Gasteiger partial charge on any atom is 0.156 e. The molecule has 0 aromatic rings. The summed E-state index contributed by atoms with van der Waals surface area (Å²) in [6.45, 7) is 3.27. The van der Waals surface area contributed by atoms with E-state index in [0.29, 0.717) is 5.92 Å². The van der Waals surface area contributed by atoms with Crippen LogP contribution in [-0.2, 0) is 0 Å². The summed E-state index contributed by atoms with van der Waals surface area (Å²) in [6.07, 6.45) is 7.77. The average Bonchev–Trinajstić information content (AvgIpc) is 2.36. The molecule has 1 aliphatic carbocycles. The van der Waals surface area contributed by atoms with E-state index in [4.69, 9.17) is 4.99 Å². The average molecular weight is 272 g/mol. The first-order valence-electron chi connectivity index (χ1n) is 6.72. The number of rotatable bonds is 4. The van der Waals surface area contributed by atoms with Crippen LogP contribution in [0.5, 0.6) is 0 Å². The van der Waals surface area contributed by atoms with Crippen LogP contribution in [0.25, 0.3) is 0 Å². The molecule has 1 aliphatic heterocycles. The Balaban J connectivity index is 1.80. The van der Waals surface area contributed by atoms with Gasteiger partial charge in [0, 0.05) is 18.3 Å². The molecule has 4 heteroatoms. The van der Waals surface area contributed by atoms with E-state index < -0.39 is 0 Å². The van der Waals surface area contributed by atoms with E-state index >= 15 is 0 Å². The van der Waals surface area contributed by atoms with Crippen LogP contribution >= 0.6 is 23.5 Å². The number of amidine groups is 1. The number of nitrogens with zero attached hydrogens (tertiary/aromatic N) is 1. The summed E-state index contributed by atoms with van der Waals surface area (Å²) in [7, 11) is 0. The number of hydrogen-bond acceptors (Lipinski definition) is 3. The van der Waals surface area contributed by atoms with Gasteiger partial charge in [-0.15, -0.1) is 0 Å². The van der Waals surface area contributed by atoms with Crippen molar-refractivity contribution in [1.82, 2.24) is 5.32 Å². The van der Waals surface area contributed by atoms with Crippen LogP contribution in [0.2, 0.25) is 0 Å². The zero-order valence-electron chi connectivity index (χ0n) is 10.9. The lowest BCUT2D eigenvalue weighted by molar-refractivity contribution is 0.311. The molecule has 3 unspecified atom stereocenters. The molecule has 1 N–H and O–H groups in total. The highest BCUT2D eigenvalue weighted by Gasteiger charge is 2.30. The second-order valence-electron chi connectivity index (χ2n) is 5.31. The minimum atomic E-state index is 0.698. The predicted molar refractivity (Wildman–Crippen MR) is 81.2 cm³/mol. The molecule has 3 atom stereocenters. The second kappa shape index (κ2) is 6.93. The van der Waals surface area contributed by atoms with E-state index in [1.807, 2.05) is 23.5 Å². The molecule has 0 bridgehead atoms. The molecule has 1 saturated heterocycles. The molecule has 17 heavy (non-hydrogen) atoms. The lowest BCUT2D eigenvalue weighted by Gasteiger charge is -2.37. The van der Waals surface area contributed by atoms with Gasteiger partial charge in [0.15, 0.2) is 5.17 Å². The summed E-state index contributed by atoms with van der Waals surface area (Å²) in [5.74, 6) is 4.10. The quantitative estimate of drug-likeness (QED) is 0.850. The Kier molecular flexibility index (Phi) is 5.54. The van der Waals surface area contributed by atoms with Crippen LogP contribution in [0.4, 0.5) is 0 Å². The van der Waals surface area contributed by atoms with E-state index in [1.54, 1.807) is 0 Å². The molecule has 0 radical (unpaired) electrons. The zero-order valence-corrected chi connectivity index (χ0v) is 12.6. The van der Waals surface area contributed by atoms with E-state index in [0.717, 1.165) is 18.5 Å². The van der Waals surface area contributed by atoms with Crippen molar-refractivity contribution in [2.24, 2.45) is 16.8 Å². The Hall–Kier alpha value is 0.170. The molecule has 1 saturated carbocycles. The van der Waals surface area contributed by atoms with E-state index in [9.17, 15) is 0 Å². The van der Waals surface area contributed by atoms with Crippen molar-refractivity contribution in [1.29, 1.82) is 0 Å². The Labute approximate surface area is 114 Å². The van der Waals surface area contributed by atoms with Gasteiger partial charge >= 0.3 is 0 Å². The van der Waals surface area contributed by atoms with Gasteiger partial charge in [0.25, 0.3) is 0 Å². The summed E-state index contributed by atoms with van der Waals surface area (Å²) in [6, 6.07) is 0.722. The van der Waals surface area contributed by atoms with E-state index in [2.05, 4.69) is 18.5 Å². The first kappa shape index (κ1) is 13.6. The number of thioether (sulfide) groups is 2. The summed E-state index contributed by atoms with van der Waals surface area (Å²) in [4.78, 5) is 4.75. The lowest BCUT2D eigenvalue weighted by atomic mass is 9.86. The van der Waals surface area contributed by atoms with Crippen molar-refractivity contribution in [3.8, 4) is 0 Å². The van der Waals surface area contributed by atoms with Gasteiger partial charge in [-0.05, 0) is 36.7 Å². The normalized spacial score (nSPS) is 32.9. The van der Waals surface area contributed by atoms with Crippen molar-refractivity contribution in [2.75, 3.05) is 24.3 Å². The third-order valence-electron chi connectivity index (χ3n) is 3.65. The first-order valence-corrected chi connectivity index (χ1v) is 9.10. The van der Waals surface area contributed by atoms with Crippen LogP contribution < -0.4 is 5.32 Å². The van der Waals surface area contributed by atoms with Gasteiger partial charge in [-0.25, -0.2) is 0 Å². The SMILES string of the molecule is CSCC(C)CN=C1NC2CCCCC2CS1. The topological polar surface area (TPSA) is 24.4 Å². The molecule has 98 valence electrons. The largest absolute Gasteiger partial charge is 0.362 e. The molecule has 2 nitrogen and oxygen atoms in total. The van der Waals surface area contributed by atoms with Gasteiger partial charge in [0.1, 0.15) is 0 Å². The minimum absolute atomic E-state index is 0.698. The molecular formula is C13H24N2S2. The fourth-order valence-electron chi connectivity index (χ4n) is 2.65. The molecule has 2 aliphatic rings. The number of nitrogens with one attached hydrogen (secondary N) is 1. The van der Waals surface area contributed by atoms with Crippen molar-refractivity contribution < 1.29 is 0 Å². The van der Waals surface area contributed by atoms with Crippen LogP contribution in [0, 0.1) is 11.8 Å². The summed E-state index contributed by atoms with van der Waals surface area (Å²) >= 11 is 3.86. The number of fused-ring (bicyclic) bond motifs is 1. The van der Waals surface area contributed by atoms with Crippen molar-refractivity contribution in [3.63, 3.8) is 0 Å². The summed E-state index contributed by atoms with van der Waals surface area (Å²) in [5, 5.41) is 4.87. The Morgan fingerprint density at radius 2 is 2.29 bits per heavy atom. The Bertz CT molecular complexity index is 268.